The highest BCUT2D eigenvalue weighted by Gasteiger charge is 2.20. The molecular weight excluding hydrogens is 342 g/mol. The molecule has 2 heterocycles. The van der Waals surface area contributed by atoms with Crippen molar-refractivity contribution in [3.05, 3.63) is 12.1 Å². The van der Waals surface area contributed by atoms with E-state index >= 15 is 0 Å². The van der Waals surface area contributed by atoms with Crippen molar-refractivity contribution >= 4 is 38.5 Å². The number of carbonyl (C=O) groups is 1. The number of fused-ring (bicyclic) bond motifs is 1. The molecule has 1 aliphatic heterocycles. The molecule has 0 radical (unpaired) electrons. The van der Waals surface area contributed by atoms with E-state index in [9.17, 15) is 4.79 Å². The van der Waals surface area contributed by atoms with E-state index in [4.69, 9.17) is 14.2 Å². The first kappa shape index (κ1) is 17.8. The monoisotopic (exact) mass is 365 g/mol. The maximum atomic E-state index is 11.9. The van der Waals surface area contributed by atoms with Crippen molar-refractivity contribution in [1.82, 2.24) is 4.98 Å². The predicted octanol–water partition coefficient (Wildman–Crippen LogP) is 3.35. The van der Waals surface area contributed by atoms with E-state index in [2.05, 4.69) is 15.2 Å². The number of carbonyl (C=O) groups excluding carboxylic acids is 1. The van der Waals surface area contributed by atoms with E-state index < -0.39 is 6.09 Å². The van der Waals surface area contributed by atoms with Gasteiger partial charge in [0.1, 0.15) is 11.3 Å². The summed E-state index contributed by atoms with van der Waals surface area (Å²) in [6, 6.07) is 3.94. The van der Waals surface area contributed by atoms with Gasteiger partial charge in [-0.2, -0.15) is 0 Å². The number of aromatic nitrogens is 1. The van der Waals surface area contributed by atoms with Gasteiger partial charge in [-0.1, -0.05) is 25.2 Å². The quantitative estimate of drug-likeness (QED) is 0.876. The first-order chi connectivity index (χ1) is 12.1. The number of ether oxygens (including phenoxy) is 3. The van der Waals surface area contributed by atoms with Crippen molar-refractivity contribution in [1.29, 1.82) is 0 Å². The zero-order valence-electron chi connectivity index (χ0n) is 14.7. The van der Waals surface area contributed by atoms with Crippen LogP contribution in [-0.4, -0.2) is 51.1 Å². The molecule has 136 valence electrons. The molecule has 1 N–H and O–H groups in total. The van der Waals surface area contributed by atoms with Gasteiger partial charge >= 0.3 is 6.09 Å². The molecule has 1 aliphatic rings. The first-order valence-electron chi connectivity index (χ1n) is 8.32. The van der Waals surface area contributed by atoms with Gasteiger partial charge in [-0.25, -0.2) is 9.78 Å². The van der Waals surface area contributed by atoms with Gasteiger partial charge in [0.15, 0.2) is 5.13 Å². The van der Waals surface area contributed by atoms with Gasteiger partial charge in [-0.3, -0.25) is 5.32 Å². The number of rotatable bonds is 5. The third-order valence-electron chi connectivity index (χ3n) is 3.81. The molecule has 0 saturated carbocycles. The molecule has 0 spiro atoms. The van der Waals surface area contributed by atoms with Gasteiger partial charge in [0.2, 0.25) is 0 Å². The smallest absolute Gasteiger partial charge is 0.413 e. The molecule has 1 saturated heterocycles. The van der Waals surface area contributed by atoms with Gasteiger partial charge in [0.25, 0.3) is 0 Å². The SMILES string of the molecule is COc1ccc(N2CCOCC2)c2sc(NC(=O)OCC(C)C)nc12. The van der Waals surface area contributed by atoms with Crippen LogP contribution in [-0.2, 0) is 9.47 Å². The number of benzene rings is 1. The molecule has 7 nitrogen and oxygen atoms in total. The molecule has 1 amide bonds. The summed E-state index contributed by atoms with van der Waals surface area (Å²) in [6.07, 6.45) is -0.486. The molecule has 0 unspecified atom stereocenters. The lowest BCUT2D eigenvalue weighted by atomic mass is 10.2. The molecule has 3 rings (SSSR count). The van der Waals surface area contributed by atoms with Gasteiger partial charge in [-0.05, 0) is 18.1 Å². The highest BCUT2D eigenvalue weighted by atomic mass is 32.1. The number of morpholine rings is 1. The number of methoxy groups -OCH3 is 1. The standard InChI is InChI=1S/C17H23N3O4S/c1-11(2)10-24-17(21)19-16-18-14-13(22-3)5-4-12(15(14)25-16)20-6-8-23-9-7-20/h4-5,11H,6-10H2,1-3H3,(H,18,19,21). The highest BCUT2D eigenvalue weighted by Crippen LogP contribution is 2.39. The Kier molecular flexibility index (Phi) is 5.60. The first-order valence-corrected chi connectivity index (χ1v) is 9.14. The largest absolute Gasteiger partial charge is 0.494 e. The fraction of sp³-hybridized carbons (Fsp3) is 0.529. The van der Waals surface area contributed by atoms with Crippen LogP contribution in [0.3, 0.4) is 0 Å². The van der Waals surface area contributed by atoms with Crippen LogP contribution in [0.1, 0.15) is 13.8 Å². The van der Waals surface area contributed by atoms with E-state index in [1.54, 1.807) is 7.11 Å². The lowest BCUT2D eigenvalue weighted by Crippen LogP contribution is -2.36. The minimum Gasteiger partial charge on any atom is -0.494 e. The minimum atomic E-state index is -0.486. The topological polar surface area (TPSA) is 72.9 Å². The molecule has 0 atom stereocenters. The second-order valence-electron chi connectivity index (χ2n) is 6.20. The number of hydrogen-bond acceptors (Lipinski definition) is 7. The summed E-state index contributed by atoms with van der Waals surface area (Å²) in [6.45, 7) is 7.43. The average Bonchev–Trinajstić information content (AvgIpc) is 3.03. The van der Waals surface area contributed by atoms with Crippen LogP contribution in [0.2, 0.25) is 0 Å². The Morgan fingerprint density at radius 3 is 2.84 bits per heavy atom. The normalized spacial score (nSPS) is 14.8. The highest BCUT2D eigenvalue weighted by molar-refractivity contribution is 7.23. The number of nitrogens with zero attached hydrogens (tertiary/aromatic N) is 2. The zero-order valence-corrected chi connectivity index (χ0v) is 15.5. The number of anilines is 2. The molecule has 8 heteroatoms. The number of hydrogen-bond donors (Lipinski definition) is 1. The van der Waals surface area contributed by atoms with Crippen LogP contribution in [0.15, 0.2) is 12.1 Å². The maximum absolute atomic E-state index is 11.9. The summed E-state index contributed by atoms with van der Waals surface area (Å²) in [7, 11) is 1.62. The Bertz CT molecular complexity index is 741. The van der Waals surface area contributed by atoms with E-state index in [0.29, 0.717) is 30.7 Å². The molecule has 1 fully saturated rings. The molecule has 1 aromatic heterocycles. The Hall–Kier alpha value is -2.06. The van der Waals surface area contributed by atoms with Crippen molar-refractivity contribution in [3.63, 3.8) is 0 Å². The van der Waals surface area contributed by atoms with Crippen LogP contribution in [0.25, 0.3) is 10.2 Å². The van der Waals surface area contributed by atoms with Crippen molar-refractivity contribution in [2.75, 3.05) is 50.2 Å². The molecule has 1 aromatic carbocycles. The molecule has 25 heavy (non-hydrogen) atoms. The van der Waals surface area contributed by atoms with Crippen molar-refractivity contribution in [2.24, 2.45) is 5.92 Å². The van der Waals surface area contributed by atoms with E-state index in [-0.39, 0.29) is 5.92 Å². The third kappa shape index (κ3) is 4.13. The maximum Gasteiger partial charge on any atom is 0.413 e. The van der Waals surface area contributed by atoms with Crippen molar-refractivity contribution in [3.8, 4) is 5.75 Å². The van der Waals surface area contributed by atoms with Crippen LogP contribution in [0, 0.1) is 5.92 Å². The molecule has 2 aromatic rings. The second-order valence-corrected chi connectivity index (χ2v) is 7.20. The predicted molar refractivity (Wildman–Crippen MR) is 99.0 cm³/mol. The Balaban J connectivity index is 1.87. The average molecular weight is 365 g/mol. The Morgan fingerprint density at radius 1 is 1.40 bits per heavy atom. The minimum absolute atomic E-state index is 0.286. The summed E-state index contributed by atoms with van der Waals surface area (Å²) in [5.74, 6) is 0.973. The lowest BCUT2D eigenvalue weighted by molar-refractivity contribution is 0.123. The van der Waals surface area contributed by atoms with Crippen LogP contribution >= 0.6 is 11.3 Å². The van der Waals surface area contributed by atoms with Crippen LogP contribution in [0.5, 0.6) is 5.75 Å². The van der Waals surface area contributed by atoms with E-state index in [1.807, 2.05) is 26.0 Å². The summed E-state index contributed by atoms with van der Waals surface area (Å²) in [4.78, 5) is 18.7. The van der Waals surface area contributed by atoms with Crippen LogP contribution in [0.4, 0.5) is 15.6 Å². The molecular formula is C17H23N3O4S. The zero-order chi connectivity index (χ0) is 17.8. The fourth-order valence-corrected chi connectivity index (χ4v) is 3.62. The third-order valence-corrected chi connectivity index (χ3v) is 4.81. The van der Waals surface area contributed by atoms with Crippen molar-refractivity contribution in [2.45, 2.75) is 13.8 Å². The summed E-state index contributed by atoms with van der Waals surface area (Å²) >= 11 is 1.42. The summed E-state index contributed by atoms with van der Waals surface area (Å²) in [5.41, 5.74) is 1.83. The van der Waals surface area contributed by atoms with Gasteiger partial charge in [0.05, 0.1) is 37.3 Å². The molecule has 0 bridgehead atoms. The number of thiazole rings is 1. The van der Waals surface area contributed by atoms with Crippen molar-refractivity contribution < 1.29 is 19.0 Å². The van der Waals surface area contributed by atoms with E-state index in [0.717, 1.165) is 29.0 Å². The summed E-state index contributed by atoms with van der Waals surface area (Å²) < 4.78 is 17.0. The Morgan fingerprint density at radius 2 is 2.16 bits per heavy atom. The summed E-state index contributed by atoms with van der Waals surface area (Å²) in [5, 5.41) is 3.22. The molecule has 0 aliphatic carbocycles. The van der Waals surface area contributed by atoms with Gasteiger partial charge in [-0.15, -0.1) is 0 Å². The van der Waals surface area contributed by atoms with E-state index in [1.165, 1.54) is 11.3 Å². The van der Waals surface area contributed by atoms with Gasteiger partial charge < -0.3 is 19.1 Å². The Labute approximate surface area is 150 Å². The van der Waals surface area contributed by atoms with Crippen LogP contribution < -0.4 is 15.0 Å². The number of nitrogens with one attached hydrogen (secondary N) is 1. The lowest BCUT2D eigenvalue weighted by Gasteiger charge is -2.29. The fourth-order valence-electron chi connectivity index (χ4n) is 2.61. The second kappa shape index (κ2) is 7.88. The number of amides is 1. The van der Waals surface area contributed by atoms with Gasteiger partial charge in [0, 0.05) is 13.1 Å².